The Balaban J connectivity index is 0.00000450. The third kappa shape index (κ3) is 8.41. The number of methoxy groups -OCH3 is 1. The van der Waals surface area contributed by atoms with Crippen molar-refractivity contribution in [1.82, 2.24) is 16.0 Å². The van der Waals surface area contributed by atoms with Crippen molar-refractivity contribution in [3.63, 3.8) is 0 Å². The number of ether oxygens (including phenoxy) is 1. The number of hydrogen-bond donors (Lipinski definition) is 3. The lowest BCUT2D eigenvalue weighted by atomic mass is 9.83. The lowest BCUT2D eigenvalue weighted by Gasteiger charge is -2.30. The van der Waals surface area contributed by atoms with Crippen LogP contribution in [0.3, 0.4) is 0 Å². The van der Waals surface area contributed by atoms with E-state index in [0.717, 1.165) is 37.5 Å². The highest BCUT2D eigenvalue weighted by Crippen LogP contribution is 2.40. The molecule has 1 aromatic carbocycles. The van der Waals surface area contributed by atoms with Crippen molar-refractivity contribution in [2.45, 2.75) is 65.0 Å². The molecule has 0 radical (unpaired) electrons. The highest BCUT2D eigenvalue weighted by Gasteiger charge is 2.33. The lowest BCUT2D eigenvalue weighted by molar-refractivity contribution is 0.0939. The van der Waals surface area contributed by atoms with Crippen LogP contribution in [0.2, 0.25) is 0 Å². The fourth-order valence-corrected chi connectivity index (χ4v) is 3.87. The van der Waals surface area contributed by atoms with Crippen LogP contribution in [0.5, 0.6) is 0 Å². The van der Waals surface area contributed by atoms with Gasteiger partial charge >= 0.3 is 0 Å². The number of aliphatic imine (C=N–C) groups is 1. The average molecular weight is 530 g/mol. The van der Waals surface area contributed by atoms with Crippen LogP contribution < -0.4 is 16.0 Å². The summed E-state index contributed by atoms with van der Waals surface area (Å²) < 4.78 is 5.32. The monoisotopic (exact) mass is 530 g/mol. The molecule has 7 heteroatoms. The van der Waals surface area contributed by atoms with Gasteiger partial charge < -0.3 is 20.7 Å². The molecule has 1 aliphatic carbocycles. The third-order valence-electron chi connectivity index (χ3n) is 5.99. The smallest absolute Gasteiger partial charge is 0.251 e. The Hall–Kier alpha value is -1.35. The molecule has 1 aliphatic rings. The third-order valence-corrected chi connectivity index (χ3v) is 5.99. The topological polar surface area (TPSA) is 74.8 Å². The van der Waals surface area contributed by atoms with Crippen molar-refractivity contribution >= 4 is 35.8 Å². The predicted molar refractivity (Wildman–Crippen MR) is 135 cm³/mol. The Labute approximate surface area is 199 Å². The highest BCUT2D eigenvalue weighted by molar-refractivity contribution is 14.0. The van der Waals surface area contributed by atoms with Crippen LogP contribution in [-0.4, -0.2) is 45.2 Å². The van der Waals surface area contributed by atoms with Crippen molar-refractivity contribution < 1.29 is 9.53 Å². The quantitative estimate of drug-likeness (QED) is 0.242. The molecule has 3 N–H and O–H groups in total. The van der Waals surface area contributed by atoms with Gasteiger partial charge in [0.05, 0.1) is 0 Å². The minimum absolute atomic E-state index is 0. The normalized spacial score (nSPS) is 16.5. The second-order valence-electron chi connectivity index (χ2n) is 8.21. The Morgan fingerprint density at radius 2 is 2.00 bits per heavy atom. The van der Waals surface area contributed by atoms with Gasteiger partial charge in [0.2, 0.25) is 0 Å². The van der Waals surface area contributed by atoms with E-state index < -0.39 is 0 Å². The molecule has 2 rings (SSSR count). The molecule has 1 fully saturated rings. The van der Waals surface area contributed by atoms with E-state index in [1.165, 1.54) is 25.7 Å². The SMILES string of the molecule is CCC(C)NC(=O)c1cccc(CNC(=NC)NCC2(CCOC)CCCC2)c1.I. The van der Waals surface area contributed by atoms with Crippen molar-refractivity contribution in [2.75, 3.05) is 27.3 Å². The van der Waals surface area contributed by atoms with Gasteiger partial charge in [0, 0.05) is 45.5 Å². The molecule has 170 valence electrons. The minimum atomic E-state index is -0.0231. The molecule has 1 atom stereocenters. The molecule has 30 heavy (non-hydrogen) atoms. The van der Waals surface area contributed by atoms with Gasteiger partial charge in [-0.25, -0.2) is 0 Å². The van der Waals surface area contributed by atoms with Gasteiger partial charge in [0.15, 0.2) is 5.96 Å². The Morgan fingerprint density at radius 1 is 1.27 bits per heavy atom. The molecule has 0 saturated heterocycles. The molecule has 0 aromatic heterocycles. The molecule has 1 aromatic rings. The van der Waals surface area contributed by atoms with E-state index in [9.17, 15) is 4.79 Å². The summed E-state index contributed by atoms with van der Waals surface area (Å²) in [5, 5.41) is 9.90. The number of hydrogen-bond acceptors (Lipinski definition) is 3. The van der Waals surface area contributed by atoms with E-state index >= 15 is 0 Å². The number of carbonyl (C=O) groups is 1. The van der Waals surface area contributed by atoms with Crippen molar-refractivity contribution in [3.05, 3.63) is 35.4 Å². The molecule has 0 spiro atoms. The molecule has 0 bridgehead atoms. The number of halogens is 1. The molecule has 1 unspecified atom stereocenters. The predicted octanol–water partition coefficient (Wildman–Crippen LogP) is 4.09. The van der Waals surface area contributed by atoms with Crippen LogP contribution in [0.4, 0.5) is 0 Å². The molecule has 6 nitrogen and oxygen atoms in total. The molecule has 0 heterocycles. The zero-order chi connectivity index (χ0) is 21.1. The summed E-state index contributed by atoms with van der Waals surface area (Å²) in [7, 11) is 3.57. The van der Waals surface area contributed by atoms with Crippen LogP contribution in [0.1, 0.15) is 68.3 Å². The Bertz CT molecular complexity index is 675. The van der Waals surface area contributed by atoms with Gasteiger partial charge in [-0.15, -0.1) is 24.0 Å². The Morgan fingerprint density at radius 3 is 2.63 bits per heavy atom. The summed E-state index contributed by atoms with van der Waals surface area (Å²) in [5.41, 5.74) is 2.05. The molecule has 1 amide bonds. The maximum absolute atomic E-state index is 12.4. The molecule has 1 saturated carbocycles. The van der Waals surface area contributed by atoms with Gasteiger partial charge in [0.1, 0.15) is 0 Å². The van der Waals surface area contributed by atoms with Gasteiger partial charge in [0.25, 0.3) is 5.91 Å². The summed E-state index contributed by atoms with van der Waals surface area (Å²) in [6.45, 7) is 6.42. The van der Waals surface area contributed by atoms with E-state index in [4.69, 9.17) is 4.74 Å². The first-order valence-electron chi connectivity index (χ1n) is 10.8. The first kappa shape index (κ1) is 26.7. The average Bonchev–Trinajstić information content (AvgIpc) is 3.21. The second-order valence-corrected chi connectivity index (χ2v) is 8.21. The molecule has 0 aliphatic heterocycles. The van der Waals surface area contributed by atoms with E-state index in [-0.39, 0.29) is 35.9 Å². The number of nitrogens with one attached hydrogen (secondary N) is 3. The van der Waals surface area contributed by atoms with E-state index in [0.29, 0.717) is 17.5 Å². The van der Waals surface area contributed by atoms with Crippen molar-refractivity contribution in [1.29, 1.82) is 0 Å². The second kappa shape index (κ2) is 13.9. The summed E-state index contributed by atoms with van der Waals surface area (Å²) in [6.07, 6.45) is 7.08. The van der Waals surface area contributed by atoms with Gasteiger partial charge in [-0.1, -0.05) is 31.9 Å². The van der Waals surface area contributed by atoms with Crippen molar-refractivity contribution in [3.8, 4) is 0 Å². The standard InChI is InChI=1S/C23H38N4O2.HI/c1-5-18(2)27-21(28)20-10-8-9-19(15-20)16-25-22(24-3)26-17-23(13-14-29-4)11-6-7-12-23;/h8-10,15,18H,5-7,11-14,16-17H2,1-4H3,(H,27,28)(H2,24,25,26);1H. The molecular formula is C23H39IN4O2. The van der Waals surface area contributed by atoms with Crippen LogP contribution >= 0.6 is 24.0 Å². The first-order chi connectivity index (χ1) is 14.0. The van der Waals surface area contributed by atoms with Gasteiger partial charge in [-0.3, -0.25) is 9.79 Å². The maximum atomic E-state index is 12.4. The van der Waals surface area contributed by atoms with Crippen molar-refractivity contribution in [2.24, 2.45) is 10.4 Å². The summed E-state index contributed by atoms with van der Waals surface area (Å²) in [6, 6.07) is 7.92. The largest absolute Gasteiger partial charge is 0.385 e. The van der Waals surface area contributed by atoms with Crippen LogP contribution in [0.25, 0.3) is 0 Å². The zero-order valence-corrected chi connectivity index (χ0v) is 21.3. The van der Waals surface area contributed by atoms with Gasteiger partial charge in [-0.05, 0) is 55.7 Å². The highest BCUT2D eigenvalue weighted by atomic mass is 127. The fraction of sp³-hybridized carbons (Fsp3) is 0.652. The summed E-state index contributed by atoms with van der Waals surface area (Å²) >= 11 is 0. The lowest BCUT2D eigenvalue weighted by Crippen LogP contribution is -2.43. The number of rotatable bonds is 10. The van der Waals surface area contributed by atoms with Crippen LogP contribution in [-0.2, 0) is 11.3 Å². The van der Waals surface area contributed by atoms with Crippen LogP contribution in [0, 0.1) is 5.41 Å². The number of amides is 1. The number of carbonyl (C=O) groups excluding carboxylic acids is 1. The fourth-order valence-electron chi connectivity index (χ4n) is 3.87. The van der Waals surface area contributed by atoms with Gasteiger partial charge in [-0.2, -0.15) is 0 Å². The number of benzene rings is 1. The zero-order valence-electron chi connectivity index (χ0n) is 18.9. The maximum Gasteiger partial charge on any atom is 0.251 e. The first-order valence-corrected chi connectivity index (χ1v) is 10.8. The summed E-state index contributed by atoms with van der Waals surface area (Å²) in [5.74, 6) is 0.771. The van der Waals surface area contributed by atoms with E-state index in [1.807, 2.05) is 31.2 Å². The number of guanidine groups is 1. The minimum Gasteiger partial charge on any atom is -0.385 e. The Kier molecular flexibility index (Phi) is 12.3. The van der Waals surface area contributed by atoms with Crippen LogP contribution in [0.15, 0.2) is 29.3 Å². The van der Waals surface area contributed by atoms with E-state index in [2.05, 4.69) is 27.9 Å². The number of nitrogens with zero attached hydrogens (tertiary/aromatic N) is 1. The van der Waals surface area contributed by atoms with E-state index in [1.54, 1.807) is 14.2 Å². The summed E-state index contributed by atoms with van der Waals surface area (Å²) in [4.78, 5) is 16.7. The molecular weight excluding hydrogens is 491 g/mol.